The molecule has 6 heteroatoms. The molecule has 2 heterocycles. The minimum absolute atomic E-state index is 0.401. The largest absolute Gasteiger partial charge is 0.444 e. The Balaban J connectivity index is 1.85. The van der Waals surface area contributed by atoms with Gasteiger partial charge >= 0.3 is 6.09 Å². The summed E-state index contributed by atoms with van der Waals surface area (Å²) in [6.07, 6.45) is 6.76. The molecule has 2 aromatic heterocycles. The Labute approximate surface area is 117 Å². The standard InChI is InChI=1S/C14H18N4O2/c1-14(2,3)20-13(19)15-6-4-5-10-7-11-9-17-18-12(11)16-8-10/h4-5,7-9H,6H2,1-3H3,(H,15,19)(H,16,17,18). The van der Waals surface area contributed by atoms with E-state index in [2.05, 4.69) is 20.5 Å². The van der Waals surface area contributed by atoms with Crippen molar-refractivity contribution in [3.05, 3.63) is 30.1 Å². The van der Waals surface area contributed by atoms with Crippen molar-refractivity contribution in [2.45, 2.75) is 26.4 Å². The van der Waals surface area contributed by atoms with Crippen molar-refractivity contribution in [3.8, 4) is 0 Å². The number of nitrogens with zero attached hydrogens (tertiary/aromatic N) is 2. The van der Waals surface area contributed by atoms with Crippen LogP contribution in [0, 0.1) is 0 Å². The van der Waals surface area contributed by atoms with Gasteiger partial charge in [-0.05, 0) is 32.4 Å². The smallest absolute Gasteiger partial charge is 0.407 e. The maximum Gasteiger partial charge on any atom is 0.407 e. The molecular formula is C14H18N4O2. The van der Waals surface area contributed by atoms with Gasteiger partial charge in [-0.2, -0.15) is 5.10 Å². The molecule has 0 unspecified atom stereocenters. The van der Waals surface area contributed by atoms with Crippen LogP contribution in [0.3, 0.4) is 0 Å². The van der Waals surface area contributed by atoms with Crippen molar-refractivity contribution in [2.24, 2.45) is 0 Å². The van der Waals surface area contributed by atoms with Crippen molar-refractivity contribution < 1.29 is 9.53 Å². The second-order valence-electron chi connectivity index (χ2n) is 5.36. The normalized spacial score (nSPS) is 11.9. The Hall–Kier alpha value is -2.37. The van der Waals surface area contributed by atoms with E-state index < -0.39 is 11.7 Å². The molecule has 6 nitrogen and oxygen atoms in total. The first-order chi connectivity index (χ1) is 9.44. The van der Waals surface area contributed by atoms with Crippen molar-refractivity contribution in [1.29, 1.82) is 0 Å². The molecule has 0 atom stereocenters. The van der Waals surface area contributed by atoms with E-state index in [1.807, 2.05) is 39.0 Å². The Bertz CT molecular complexity index is 625. The van der Waals surface area contributed by atoms with Crippen LogP contribution in [-0.4, -0.2) is 33.4 Å². The number of rotatable bonds is 3. The number of alkyl carbamates (subject to hydrolysis) is 1. The molecule has 0 spiro atoms. The molecule has 0 saturated heterocycles. The van der Waals surface area contributed by atoms with E-state index in [9.17, 15) is 4.79 Å². The van der Waals surface area contributed by atoms with E-state index in [-0.39, 0.29) is 0 Å². The van der Waals surface area contributed by atoms with Gasteiger partial charge in [0.25, 0.3) is 0 Å². The number of carbonyl (C=O) groups is 1. The summed E-state index contributed by atoms with van der Waals surface area (Å²) in [5, 5.41) is 10.3. The SMILES string of the molecule is CC(C)(C)OC(=O)NCC=Cc1cnc2[nH]ncc2c1. The lowest BCUT2D eigenvalue weighted by Gasteiger charge is -2.19. The molecule has 2 aromatic rings. The monoisotopic (exact) mass is 274 g/mol. The number of pyridine rings is 1. The molecule has 0 aliphatic carbocycles. The predicted octanol–water partition coefficient (Wildman–Crippen LogP) is 2.50. The van der Waals surface area contributed by atoms with Gasteiger partial charge in [-0.25, -0.2) is 9.78 Å². The predicted molar refractivity (Wildman–Crippen MR) is 77.2 cm³/mol. The zero-order valence-electron chi connectivity index (χ0n) is 11.8. The van der Waals surface area contributed by atoms with E-state index in [4.69, 9.17) is 4.74 Å². The molecule has 0 radical (unpaired) electrons. The Morgan fingerprint density at radius 3 is 3.00 bits per heavy atom. The number of nitrogens with one attached hydrogen (secondary N) is 2. The number of hydrogen-bond donors (Lipinski definition) is 2. The number of aromatic amines is 1. The van der Waals surface area contributed by atoms with Crippen LogP contribution in [0.5, 0.6) is 0 Å². The number of aromatic nitrogens is 3. The van der Waals surface area contributed by atoms with Crippen molar-refractivity contribution in [3.63, 3.8) is 0 Å². The van der Waals surface area contributed by atoms with Gasteiger partial charge in [-0.15, -0.1) is 0 Å². The molecule has 0 aliphatic rings. The molecule has 0 aromatic carbocycles. The Morgan fingerprint density at radius 1 is 1.45 bits per heavy atom. The van der Waals surface area contributed by atoms with Gasteiger partial charge in [0.05, 0.1) is 6.20 Å². The second-order valence-corrected chi connectivity index (χ2v) is 5.36. The topological polar surface area (TPSA) is 79.9 Å². The van der Waals surface area contributed by atoms with Crippen LogP contribution >= 0.6 is 0 Å². The number of amides is 1. The first-order valence-electron chi connectivity index (χ1n) is 6.36. The first kappa shape index (κ1) is 14.0. The molecule has 1 amide bonds. The lowest BCUT2D eigenvalue weighted by atomic mass is 10.2. The van der Waals surface area contributed by atoms with Gasteiger partial charge < -0.3 is 10.1 Å². The summed E-state index contributed by atoms with van der Waals surface area (Å²) >= 11 is 0. The van der Waals surface area contributed by atoms with Gasteiger partial charge in [-0.1, -0.05) is 12.2 Å². The average Bonchev–Trinajstić information content (AvgIpc) is 2.79. The third kappa shape index (κ3) is 4.08. The van der Waals surface area contributed by atoms with E-state index in [1.165, 1.54) is 0 Å². The molecule has 106 valence electrons. The first-order valence-corrected chi connectivity index (χ1v) is 6.36. The summed E-state index contributed by atoms with van der Waals surface area (Å²) in [5.74, 6) is 0. The van der Waals surface area contributed by atoms with Crippen LogP contribution in [0.1, 0.15) is 26.3 Å². The van der Waals surface area contributed by atoms with Gasteiger partial charge in [-0.3, -0.25) is 5.10 Å². The van der Waals surface area contributed by atoms with E-state index in [1.54, 1.807) is 12.4 Å². The van der Waals surface area contributed by atoms with E-state index >= 15 is 0 Å². The number of ether oxygens (including phenoxy) is 1. The van der Waals surface area contributed by atoms with E-state index in [0.717, 1.165) is 16.6 Å². The van der Waals surface area contributed by atoms with Crippen LogP contribution in [0.25, 0.3) is 17.1 Å². The molecule has 0 saturated carbocycles. The molecule has 0 aliphatic heterocycles. The second kappa shape index (κ2) is 5.73. The minimum Gasteiger partial charge on any atom is -0.444 e. The molecular weight excluding hydrogens is 256 g/mol. The van der Waals surface area contributed by atoms with Crippen molar-refractivity contribution >= 4 is 23.2 Å². The molecule has 2 rings (SSSR count). The summed E-state index contributed by atoms with van der Waals surface area (Å²) in [7, 11) is 0. The highest BCUT2D eigenvalue weighted by Crippen LogP contribution is 2.10. The van der Waals surface area contributed by atoms with Crippen molar-refractivity contribution in [2.75, 3.05) is 6.54 Å². The maximum absolute atomic E-state index is 11.4. The van der Waals surface area contributed by atoms with Crippen LogP contribution in [-0.2, 0) is 4.74 Å². The summed E-state index contributed by atoms with van der Waals surface area (Å²) in [6, 6.07) is 1.97. The minimum atomic E-state index is -0.482. The Kier molecular flexibility index (Phi) is 4.02. The molecule has 0 fully saturated rings. The van der Waals surface area contributed by atoms with E-state index in [0.29, 0.717) is 6.54 Å². The highest BCUT2D eigenvalue weighted by Gasteiger charge is 2.14. The van der Waals surface area contributed by atoms with Crippen molar-refractivity contribution in [1.82, 2.24) is 20.5 Å². The van der Waals surface area contributed by atoms with Crippen LogP contribution < -0.4 is 5.32 Å². The fraction of sp³-hybridized carbons (Fsp3) is 0.357. The fourth-order valence-electron chi connectivity index (χ4n) is 1.60. The third-order valence-electron chi connectivity index (χ3n) is 2.39. The maximum atomic E-state index is 11.4. The number of H-pyrrole nitrogens is 1. The average molecular weight is 274 g/mol. The summed E-state index contributed by atoms with van der Waals surface area (Å²) in [6.45, 7) is 5.88. The summed E-state index contributed by atoms with van der Waals surface area (Å²) in [4.78, 5) is 15.6. The molecule has 2 N–H and O–H groups in total. The quantitative estimate of drug-likeness (QED) is 0.901. The lowest BCUT2D eigenvalue weighted by Crippen LogP contribution is -2.32. The van der Waals surface area contributed by atoms with Gasteiger partial charge in [0.1, 0.15) is 5.60 Å². The molecule has 20 heavy (non-hydrogen) atoms. The Morgan fingerprint density at radius 2 is 2.25 bits per heavy atom. The number of hydrogen-bond acceptors (Lipinski definition) is 4. The zero-order chi connectivity index (χ0) is 14.6. The fourth-order valence-corrected chi connectivity index (χ4v) is 1.60. The van der Waals surface area contributed by atoms with Crippen LogP contribution in [0.4, 0.5) is 4.79 Å². The van der Waals surface area contributed by atoms with Crippen LogP contribution in [0.15, 0.2) is 24.5 Å². The summed E-state index contributed by atoms with van der Waals surface area (Å²) in [5.41, 5.74) is 1.23. The number of fused-ring (bicyclic) bond motifs is 1. The zero-order valence-corrected chi connectivity index (χ0v) is 11.8. The highest BCUT2D eigenvalue weighted by atomic mass is 16.6. The van der Waals surface area contributed by atoms with Crippen LogP contribution in [0.2, 0.25) is 0 Å². The van der Waals surface area contributed by atoms with Gasteiger partial charge in [0, 0.05) is 18.1 Å². The summed E-state index contributed by atoms with van der Waals surface area (Å²) < 4.78 is 5.13. The van der Waals surface area contributed by atoms with Gasteiger partial charge in [0.2, 0.25) is 0 Å². The third-order valence-corrected chi connectivity index (χ3v) is 2.39. The highest BCUT2D eigenvalue weighted by molar-refractivity contribution is 5.76. The van der Waals surface area contributed by atoms with Gasteiger partial charge in [0.15, 0.2) is 5.65 Å². The lowest BCUT2D eigenvalue weighted by molar-refractivity contribution is 0.0534. The molecule has 0 bridgehead atoms. The number of carbonyl (C=O) groups excluding carboxylic acids is 1.